The van der Waals surface area contributed by atoms with Crippen molar-refractivity contribution in [3.8, 4) is 5.75 Å². The van der Waals surface area contributed by atoms with E-state index in [1.807, 2.05) is 28.2 Å². The minimum atomic E-state index is -0.0346. The number of hydrogen-bond acceptors (Lipinski definition) is 5. The average molecular weight is 301 g/mol. The third-order valence-corrected chi connectivity index (χ3v) is 6.63. The number of nitrogens with zero attached hydrogens (tertiary/aromatic N) is 2. The molecule has 1 saturated heterocycles. The molecule has 1 aliphatic heterocycles. The lowest BCUT2D eigenvalue weighted by Gasteiger charge is -2.33. The summed E-state index contributed by atoms with van der Waals surface area (Å²) < 4.78 is 7.44. The van der Waals surface area contributed by atoms with E-state index in [0.717, 1.165) is 11.4 Å². The molecule has 1 fully saturated rings. The van der Waals surface area contributed by atoms with Gasteiger partial charge < -0.3 is 10.5 Å². The summed E-state index contributed by atoms with van der Waals surface area (Å²) in [4.78, 5) is 0. The zero-order valence-electron chi connectivity index (χ0n) is 12.0. The van der Waals surface area contributed by atoms with Crippen LogP contribution in [0.3, 0.4) is 0 Å². The fraction of sp³-hybridized carbons (Fsp3) is 0.769. The Labute approximate surface area is 123 Å². The van der Waals surface area contributed by atoms with Gasteiger partial charge in [-0.2, -0.15) is 28.6 Å². The Morgan fingerprint density at radius 1 is 1.42 bits per heavy atom. The lowest BCUT2D eigenvalue weighted by Crippen LogP contribution is -2.36. The van der Waals surface area contributed by atoms with Crippen LogP contribution in [-0.2, 0) is 0 Å². The van der Waals surface area contributed by atoms with E-state index in [0.29, 0.717) is 16.5 Å². The molecule has 6 heteroatoms. The van der Waals surface area contributed by atoms with Gasteiger partial charge in [0.2, 0.25) is 0 Å². The van der Waals surface area contributed by atoms with Gasteiger partial charge in [0.15, 0.2) is 5.75 Å². The number of thioether (sulfide) groups is 2. The van der Waals surface area contributed by atoms with E-state index < -0.39 is 0 Å². The first-order chi connectivity index (χ1) is 9.06. The summed E-state index contributed by atoms with van der Waals surface area (Å²) in [7, 11) is 1.68. The molecule has 2 heterocycles. The van der Waals surface area contributed by atoms with Crippen LogP contribution in [0.15, 0.2) is 6.20 Å². The van der Waals surface area contributed by atoms with Crippen LogP contribution in [0.4, 0.5) is 0 Å². The van der Waals surface area contributed by atoms with Crippen LogP contribution in [0.5, 0.6) is 5.75 Å². The van der Waals surface area contributed by atoms with Gasteiger partial charge in [-0.15, -0.1) is 0 Å². The van der Waals surface area contributed by atoms with Gasteiger partial charge >= 0.3 is 0 Å². The molecule has 108 valence electrons. The predicted octanol–water partition coefficient (Wildman–Crippen LogP) is 2.71. The Balaban J connectivity index is 2.30. The van der Waals surface area contributed by atoms with Crippen molar-refractivity contribution in [2.24, 2.45) is 5.73 Å². The first kappa shape index (κ1) is 15.1. The fourth-order valence-corrected chi connectivity index (χ4v) is 5.29. The van der Waals surface area contributed by atoms with Gasteiger partial charge in [-0.05, 0) is 13.8 Å². The van der Waals surface area contributed by atoms with Crippen LogP contribution in [0.1, 0.15) is 38.5 Å². The van der Waals surface area contributed by atoms with Gasteiger partial charge in [0, 0.05) is 28.0 Å². The molecule has 1 aromatic heterocycles. The number of nitrogens with two attached hydrogens (primary N) is 1. The van der Waals surface area contributed by atoms with E-state index in [2.05, 4.69) is 25.9 Å². The van der Waals surface area contributed by atoms with Crippen molar-refractivity contribution >= 4 is 23.5 Å². The van der Waals surface area contributed by atoms with Crippen LogP contribution >= 0.6 is 23.5 Å². The highest BCUT2D eigenvalue weighted by molar-refractivity contribution is 8.07. The third-order valence-electron chi connectivity index (χ3n) is 3.41. The predicted molar refractivity (Wildman–Crippen MR) is 84.3 cm³/mol. The second-order valence-corrected chi connectivity index (χ2v) is 7.84. The minimum Gasteiger partial charge on any atom is -0.493 e. The van der Waals surface area contributed by atoms with Crippen LogP contribution in [0.2, 0.25) is 0 Å². The molecule has 0 radical (unpaired) electrons. The van der Waals surface area contributed by atoms with Crippen LogP contribution in [-0.4, -0.2) is 38.9 Å². The van der Waals surface area contributed by atoms with Crippen LogP contribution in [0.25, 0.3) is 0 Å². The molecular weight excluding hydrogens is 278 g/mol. The van der Waals surface area contributed by atoms with Gasteiger partial charge in [0.1, 0.15) is 0 Å². The molecule has 0 saturated carbocycles. The van der Waals surface area contributed by atoms with Crippen molar-refractivity contribution in [3.63, 3.8) is 0 Å². The van der Waals surface area contributed by atoms with E-state index in [1.54, 1.807) is 13.3 Å². The maximum Gasteiger partial charge on any atom is 0.161 e. The Kier molecular flexibility index (Phi) is 5.09. The first-order valence-electron chi connectivity index (χ1n) is 6.66. The van der Waals surface area contributed by atoms with Gasteiger partial charge in [0.25, 0.3) is 0 Å². The Morgan fingerprint density at radius 2 is 2.11 bits per heavy atom. The smallest absolute Gasteiger partial charge is 0.161 e. The van der Waals surface area contributed by atoms with Gasteiger partial charge in [-0.25, -0.2) is 0 Å². The standard InChI is InChI=1S/C13H23N3OS2/c1-8(2)16-12(10(17-4)7-15-16)11(14)13-9(3)18-5-6-19-13/h7-9,11,13H,5-6,14H2,1-4H3. The third kappa shape index (κ3) is 3.06. The SMILES string of the molecule is COc1cnn(C(C)C)c1C(N)C1SCCSC1C. The van der Waals surface area contributed by atoms with E-state index in [1.165, 1.54) is 11.5 Å². The van der Waals surface area contributed by atoms with E-state index in [4.69, 9.17) is 10.5 Å². The Bertz CT molecular complexity index is 422. The number of ether oxygens (including phenoxy) is 1. The monoisotopic (exact) mass is 301 g/mol. The molecule has 2 N–H and O–H groups in total. The summed E-state index contributed by atoms with van der Waals surface area (Å²) in [6, 6.07) is 0.258. The van der Waals surface area contributed by atoms with Gasteiger partial charge in [-0.3, -0.25) is 4.68 Å². The highest BCUT2D eigenvalue weighted by atomic mass is 32.2. The molecule has 2 rings (SSSR count). The fourth-order valence-electron chi connectivity index (χ4n) is 2.44. The van der Waals surface area contributed by atoms with Crippen molar-refractivity contribution < 1.29 is 4.74 Å². The van der Waals surface area contributed by atoms with E-state index in [-0.39, 0.29) is 6.04 Å². The van der Waals surface area contributed by atoms with Crippen molar-refractivity contribution in [2.75, 3.05) is 18.6 Å². The molecule has 0 aliphatic carbocycles. The topological polar surface area (TPSA) is 53.1 Å². The molecule has 1 aliphatic rings. The summed E-state index contributed by atoms with van der Waals surface area (Å²) in [5.41, 5.74) is 7.58. The Morgan fingerprint density at radius 3 is 2.68 bits per heavy atom. The molecular formula is C13H23N3OS2. The zero-order valence-corrected chi connectivity index (χ0v) is 13.6. The summed E-state index contributed by atoms with van der Waals surface area (Å²) in [5, 5.41) is 5.41. The second-order valence-electron chi connectivity index (χ2n) is 5.07. The molecule has 0 bridgehead atoms. The molecule has 0 aromatic carbocycles. The molecule has 0 spiro atoms. The van der Waals surface area contributed by atoms with E-state index >= 15 is 0 Å². The lowest BCUT2D eigenvalue weighted by atomic mass is 10.1. The van der Waals surface area contributed by atoms with Crippen LogP contribution < -0.4 is 10.5 Å². The van der Waals surface area contributed by atoms with Gasteiger partial charge in [-0.1, -0.05) is 6.92 Å². The van der Waals surface area contributed by atoms with Gasteiger partial charge in [0.05, 0.1) is 25.0 Å². The normalized spacial score (nSPS) is 25.6. The maximum atomic E-state index is 6.54. The van der Waals surface area contributed by atoms with Crippen molar-refractivity contribution in [1.29, 1.82) is 0 Å². The number of methoxy groups -OCH3 is 1. The molecule has 0 amide bonds. The second kappa shape index (κ2) is 6.41. The number of hydrogen-bond donors (Lipinski definition) is 1. The highest BCUT2D eigenvalue weighted by Crippen LogP contribution is 2.40. The number of rotatable bonds is 4. The summed E-state index contributed by atoms with van der Waals surface area (Å²) in [6.45, 7) is 6.51. The highest BCUT2D eigenvalue weighted by Gasteiger charge is 2.33. The summed E-state index contributed by atoms with van der Waals surface area (Å²) >= 11 is 3.98. The van der Waals surface area contributed by atoms with Crippen LogP contribution in [0, 0.1) is 0 Å². The van der Waals surface area contributed by atoms with Crippen molar-refractivity contribution in [3.05, 3.63) is 11.9 Å². The average Bonchev–Trinajstić information content (AvgIpc) is 2.82. The van der Waals surface area contributed by atoms with E-state index in [9.17, 15) is 0 Å². The Hall–Kier alpha value is -0.330. The molecule has 19 heavy (non-hydrogen) atoms. The summed E-state index contributed by atoms with van der Waals surface area (Å²) in [6.07, 6.45) is 1.78. The quantitative estimate of drug-likeness (QED) is 0.926. The zero-order chi connectivity index (χ0) is 14.0. The largest absolute Gasteiger partial charge is 0.493 e. The maximum absolute atomic E-state index is 6.54. The number of aromatic nitrogens is 2. The lowest BCUT2D eigenvalue weighted by molar-refractivity contribution is 0.395. The molecule has 1 aromatic rings. The van der Waals surface area contributed by atoms with Crippen molar-refractivity contribution in [2.45, 2.75) is 43.4 Å². The molecule has 3 atom stereocenters. The minimum absolute atomic E-state index is 0.0346. The molecule has 3 unspecified atom stereocenters. The van der Waals surface area contributed by atoms with Crippen molar-refractivity contribution in [1.82, 2.24) is 9.78 Å². The molecule has 4 nitrogen and oxygen atoms in total. The first-order valence-corrected chi connectivity index (χ1v) is 8.76. The summed E-state index contributed by atoms with van der Waals surface area (Å²) in [5.74, 6) is 3.20.